The second kappa shape index (κ2) is 6.86. The lowest BCUT2D eigenvalue weighted by atomic mass is 9.98. The van der Waals surface area contributed by atoms with Crippen molar-refractivity contribution in [1.82, 2.24) is 4.72 Å². The molecule has 104 valence electrons. The van der Waals surface area contributed by atoms with Crippen molar-refractivity contribution in [3.8, 4) is 0 Å². The maximum atomic E-state index is 12.1. The summed E-state index contributed by atoms with van der Waals surface area (Å²) in [6, 6.07) is 2.79. The normalized spacial score (nSPS) is 15.6. The summed E-state index contributed by atoms with van der Waals surface area (Å²) in [4.78, 5) is 0. The monoisotopic (exact) mass is 311 g/mol. The van der Waals surface area contributed by atoms with Gasteiger partial charge in [0.2, 0.25) is 10.0 Å². The fraction of sp³-hybridized carbons (Fsp3) is 0.636. The molecule has 0 aromatic carbocycles. The first-order valence-electron chi connectivity index (χ1n) is 5.79. The standard InChI is InChI=1S/C11H18ClNO3S2/c1-3-8(2)9(6-7-14)13-18(15,16)11-5-4-10(12)17-11/h4-5,8-9,13-14H,3,6-7H2,1-2H3/t8-,9-/m0/s1. The summed E-state index contributed by atoms with van der Waals surface area (Å²) >= 11 is 6.77. The van der Waals surface area contributed by atoms with E-state index >= 15 is 0 Å². The summed E-state index contributed by atoms with van der Waals surface area (Å²) in [7, 11) is -3.54. The van der Waals surface area contributed by atoms with Crippen LogP contribution in [0, 0.1) is 5.92 Å². The van der Waals surface area contributed by atoms with Gasteiger partial charge in [-0.05, 0) is 24.5 Å². The maximum absolute atomic E-state index is 12.1. The van der Waals surface area contributed by atoms with E-state index in [-0.39, 0.29) is 22.8 Å². The van der Waals surface area contributed by atoms with Crippen molar-refractivity contribution in [2.45, 2.75) is 36.9 Å². The molecule has 2 atom stereocenters. The van der Waals surface area contributed by atoms with E-state index in [0.29, 0.717) is 10.8 Å². The van der Waals surface area contributed by atoms with Crippen LogP contribution in [-0.2, 0) is 10.0 Å². The third kappa shape index (κ3) is 4.20. The molecular weight excluding hydrogens is 294 g/mol. The first-order chi connectivity index (χ1) is 8.40. The van der Waals surface area contributed by atoms with E-state index < -0.39 is 10.0 Å². The summed E-state index contributed by atoms with van der Waals surface area (Å²) in [5.74, 6) is 0.169. The molecule has 1 aromatic heterocycles. The topological polar surface area (TPSA) is 66.4 Å². The highest BCUT2D eigenvalue weighted by atomic mass is 35.5. The molecule has 0 saturated heterocycles. The van der Waals surface area contributed by atoms with Gasteiger partial charge in [-0.25, -0.2) is 13.1 Å². The zero-order chi connectivity index (χ0) is 13.8. The van der Waals surface area contributed by atoms with Crippen molar-refractivity contribution in [2.75, 3.05) is 6.61 Å². The Bertz CT molecular complexity index is 472. The molecule has 0 saturated carbocycles. The second-order valence-electron chi connectivity index (χ2n) is 4.18. The number of hydrogen-bond donors (Lipinski definition) is 2. The summed E-state index contributed by atoms with van der Waals surface area (Å²) in [5, 5.41) is 9.00. The number of aliphatic hydroxyl groups is 1. The van der Waals surface area contributed by atoms with E-state index in [9.17, 15) is 8.42 Å². The van der Waals surface area contributed by atoms with Gasteiger partial charge in [-0.1, -0.05) is 31.9 Å². The Balaban J connectivity index is 2.85. The molecule has 18 heavy (non-hydrogen) atoms. The second-order valence-corrected chi connectivity index (χ2v) is 7.84. The van der Waals surface area contributed by atoms with Crippen molar-refractivity contribution in [3.63, 3.8) is 0 Å². The number of thiophene rings is 1. The van der Waals surface area contributed by atoms with Crippen LogP contribution in [0.15, 0.2) is 16.3 Å². The van der Waals surface area contributed by atoms with E-state index in [1.54, 1.807) is 6.07 Å². The zero-order valence-electron chi connectivity index (χ0n) is 10.4. The summed E-state index contributed by atoms with van der Waals surface area (Å²) in [5.41, 5.74) is 0. The number of nitrogens with one attached hydrogen (secondary N) is 1. The minimum Gasteiger partial charge on any atom is -0.396 e. The summed E-state index contributed by atoms with van der Waals surface area (Å²) in [6.45, 7) is 3.92. The Morgan fingerprint density at radius 2 is 2.17 bits per heavy atom. The van der Waals surface area contributed by atoms with Gasteiger partial charge in [0.25, 0.3) is 0 Å². The SMILES string of the molecule is CC[C@H](C)[C@H](CCO)NS(=O)(=O)c1ccc(Cl)s1. The van der Waals surface area contributed by atoms with Crippen LogP contribution in [0.4, 0.5) is 0 Å². The Morgan fingerprint density at radius 3 is 2.61 bits per heavy atom. The lowest BCUT2D eigenvalue weighted by Gasteiger charge is -2.22. The van der Waals surface area contributed by atoms with Crippen LogP contribution in [-0.4, -0.2) is 26.2 Å². The first-order valence-corrected chi connectivity index (χ1v) is 8.47. The van der Waals surface area contributed by atoms with Gasteiger partial charge in [0.15, 0.2) is 0 Å². The van der Waals surface area contributed by atoms with Crippen molar-refractivity contribution in [3.05, 3.63) is 16.5 Å². The minimum absolute atomic E-state index is 0.0390. The summed E-state index contributed by atoms with van der Waals surface area (Å²) < 4.78 is 27.5. The van der Waals surface area contributed by atoms with Gasteiger partial charge < -0.3 is 5.11 Å². The average molecular weight is 312 g/mol. The highest BCUT2D eigenvalue weighted by molar-refractivity contribution is 7.91. The molecule has 0 bridgehead atoms. The van der Waals surface area contributed by atoms with Gasteiger partial charge in [-0.15, -0.1) is 11.3 Å². The van der Waals surface area contributed by atoms with Gasteiger partial charge in [0.05, 0.1) is 4.34 Å². The fourth-order valence-electron chi connectivity index (χ4n) is 1.58. The van der Waals surface area contributed by atoms with E-state index in [4.69, 9.17) is 16.7 Å². The largest absolute Gasteiger partial charge is 0.396 e. The molecule has 1 aromatic rings. The minimum atomic E-state index is -3.54. The number of hydrogen-bond acceptors (Lipinski definition) is 4. The molecule has 1 rings (SSSR count). The predicted octanol–water partition coefficient (Wildman–Crippen LogP) is 2.48. The number of halogens is 1. The van der Waals surface area contributed by atoms with Crippen LogP contribution in [0.3, 0.4) is 0 Å². The van der Waals surface area contributed by atoms with Gasteiger partial charge in [0, 0.05) is 12.6 Å². The van der Waals surface area contributed by atoms with Crippen molar-refractivity contribution in [1.29, 1.82) is 0 Å². The van der Waals surface area contributed by atoms with E-state index in [0.717, 1.165) is 17.8 Å². The Kier molecular flexibility index (Phi) is 6.07. The number of aliphatic hydroxyl groups excluding tert-OH is 1. The van der Waals surface area contributed by atoms with Gasteiger partial charge in [-0.2, -0.15) is 0 Å². The van der Waals surface area contributed by atoms with E-state index in [1.807, 2.05) is 13.8 Å². The molecule has 0 aliphatic heterocycles. The van der Waals surface area contributed by atoms with Crippen molar-refractivity contribution >= 4 is 33.0 Å². The molecule has 2 N–H and O–H groups in total. The molecule has 0 radical (unpaired) electrons. The average Bonchev–Trinajstić information content (AvgIpc) is 2.75. The number of sulfonamides is 1. The van der Waals surface area contributed by atoms with Crippen LogP contribution >= 0.6 is 22.9 Å². The van der Waals surface area contributed by atoms with Gasteiger partial charge >= 0.3 is 0 Å². The Morgan fingerprint density at radius 1 is 1.50 bits per heavy atom. The third-order valence-corrected chi connectivity index (χ3v) is 6.10. The Labute approximate surface area is 117 Å². The van der Waals surface area contributed by atoms with Crippen LogP contribution in [0.2, 0.25) is 4.34 Å². The molecule has 0 fully saturated rings. The molecule has 0 spiro atoms. The predicted molar refractivity (Wildman–Crippen MR) is 74.6 cm³/mol. The maximum Gasteiger partial charge on any atom is 0.250 e. The molecule has 1 heterocycles. The molecular formula is C11H18ClNO3S2. The van der Waals surface area contributed by atoms with Crippen LogP contribution in [0.1, 0.15) is 26.7 Å². The van der Waals surface area contributed by atoms with Crippen molar-refractivity contribution < 1.29 is 13.5 Å². The van der Waals surface area contributed by atoms with Gasteiger partial charge in [0.1, 0.15) is 4.21 Å². The lowest BCUT2D eigenvalue weighted by molar-refractivity contribution is 0.250. The molecule has 4 nitrogen and oxygen atoms in total. The first kappa shape index (κ1) is 15.9. The van der Waals surface area contributed by atoms with E-state index in [2.05, 4.69) is 4.72 Å². The zero-order valence-corrected chi connectivity index (χ0v) is 12.8. The quantitative estimate of drug-likeness (QED) is 0.813. The lowest BCUT2D eigenvalue weighted by Crippen LogP contribution is -2.39. The van der Waals surface area contributed by atoms with E-state index in [1.165, 1.54) is 6.07 Å². The fourth-order valence-corrected chi connectivity index (χ4v) is 4.46. The number of rotatable bonds is 7. The smallest absolute Gasteiger partial charge is 0.250 e. The van der Waals surface area contributed by atoms with Crippen molar-refractivity contribution in [2.24, 2.45) is 5.92 Å². The Hall–Kier alpha value is -0.140. The van der Waals surface area contributed by atoms with Gasteiger partial charge in [-0.3, -0.25) is 0 Å². The van der Waals surface area contributed by atoms with Crippen LogP contribution in [0.5, 0.6) is 0 Å². The molecule has 7 heteroatoms. The molecule has 0 unspecified atom stereocenters. The third-order valence-electron chi connectivity index (χ3n) is 2.89. The van der Waals surface area contributed by atoms with Crippen LogP contribution < -0.4 is 4.72 Å². The highest BCUT2D eigenvalue weighted by Gasteiger charge is 2.24. The molecule has 0 aliphatic rings. The highest BCUT2D eigenvalue weighted by Crippen LogP contribution is 2.26. The molecule has 0 amide bonds. The van der Waals surface area contributed by atoms with Crippen LogP contribution in [0.25, 0.3) is 0 Å². The molecule has 0 aliphatic carbocycles. The summed E-state index contributed by atoms with van der Waals surface area (Å²) in [6.07, 6.45) is 1.26.